The van der Waals surface area contributed by atoms with Gasteiger partial charge in [0.2, 0.25) is 0 Å². The van der Waals surface area contributed by atoms with Gasteiger partial charge in [-0.1, -0.05) is 19.9 Å². The summed E-state index contributed by atoms with van der Waals surface area (Å²) in [5, 5.41) is 13.0. The second-order valence-corrected chi connectivity index (χ2v) is 8.72. The summed E-state index contributed by atoms with van der Waals surface area (Å²) in [5.74, 6) is -0.967. The number of aryl methyl sites for hydroxylation is 1. The number of hydrogen-bond donors (Lipinski definition) is 2. The molecule has 0 amide bonds. The van der Waals surface area contributed by atoms with Crippen molar-refractivity contribution in [1.29, 1.82) is 0 Å². The predicted molar refractivity (Wildman–Crippen MR) is 128 cm³/mol. The van der Waals surface area contributed by atoms with Gasteiger partial charge in [-0.25, -0.2) is 23.5 Å². The van der Waals surface area contributed by atoms with Crippen molar-refractivity contribution in [3.8, 4) is 11.3 Å². The lowest BCUT2D eigenvalue weighted by atomic mass is 9.95. The van der Waals surface area contributed by atoms with E-state index in [0.717, 1.165) is 29.0 Å². The number of hydrogen-bond acceptors (Lipinski definition) is 4. The summed E-state index contributed by atoms with van der Waals surface area (Å²) in [4.78, 5) is 20.2. The molecule has 0 bridgehead atoms. The number of halogens is 2. The van der Waals surface area contributed by atoms with Crippen LogP contribution in [0.5, 0.6) is 0 Å². The van der Waals surface area contributed by atoms with Crippen LogP contribution in [0.1, 0.15) is 35.5 Å². The number of anilines is 1. The van der Waals surface area contributed by atoms with Gasteiger partial charge in [-0.3, -0.25) is 0 Å². The number of fused-ring (bicyclic) bond motifs is 1. The van der Waals surface area contributed by atoms with Crippen molar-refractivity contribution >= 4 is 22.7 Å². The molecule has 4 aromatic rings. The van der Waals surface area contributed by atoms with E-state index in [1.54, 1.807) is 28.8 Å². The molecule has 176 valence electrons. The highest BCUT2D eigenvalue weighted by molar-refractivity contribution is 5.90. The number of carboxylic acid groups (broad SMARTS) is 1. The lowest BCUT2D eigenvalue weighted by molar-refractivity contribution is 0.0695. The van der Waals surface area contributed by atoms with E-state index in [4.69, 9.17) is 0 Å². The first-order chi connectivity index (χ1) is 16.2. The Hall–Kier alpha value is -3.81. The molecule has 0 aliphatic rings. The van der Waals surface area contributed by atoms with Gasteiger partial charge in [-0.2, -0.15) is 0 Å². The SMILES string of the molecule is Cc1cc2c(F)ccc(F)c2n1CCNc1cc(-c2ccc(C(=O)O)c(CC(C)C)c2)ncn1. The van der Waals surface area contributed by atoms with Crippen LogP contribution in [-0.4, -0.2) is 32.2 Å². The first-order valence-corrected chi connectivity index (χ1v) is 11.1. The Labute approximate surface area is 196 Å². The van der Waals surface area contributed by atoms with E-state index in [2.05, 4.69) is 15.3 Å². The molecule has 2 aromatic heterocycles. The summed E-state index contributed by atoms with van der Waals surface area (Å²) in [6.07, 6.45) is 2.09. The van der Waals surface area contributed by atoms with Crippen LogP contribution in [0.4, 0.5) is 14.6 Å². The third-order valence-electron chi connectivity index (χ3n) is 5.73. The van der Waals surface area contributed by atoms with E-state index in [1.807, 2.05) is 26.8 Å². The fraction of sp³-hybridized carbons (Fsp3) is 0.269. The predicted octanol–water partition coefficient (Wildman–Crippen LogP) is 5.69. The van der Waals surface area contributed by atoms with Crippen molar-refractivity contribution in [3.05, 3.63) is 77.2 Å². The number of carboxylic acids is 1. The molecule has 2 aromatic carbocycles. The molecule has 0 saturated carbocycles. The molecule has 0 aliphatic carbocycles. The average Bonchev–Trinajstić information content (AvgIpc) is 3.13. The van der Waals surface area contributed by atoms with Crippen molar-refractivity contribution in [1.82, 2.24) is 14.5 Å². The van der Waals surface area contributed by atoms with Gasteiger partial charge >= 0.3 is 5.97 Å². The van der Waals surface area contributed by atoms with Crippen LogP contribution >= 0.6 is 0 Å². The summed E-state index contributed by atoms with van der Waals surface area (Å²) in [6.45, 7) is 6.76. The Morgan fingerprint density at radius 2 is 1.85 bits per heavy atom. The highest BCUT2D eigenvalue weighted by Gasteiger charge is 2.15. The first-order valence-electron chi connectivity index (χ1n) is 11.1. The van der Waals surface area contributed by atoms with Gasteiger partial charge in [-0.05, 0) is 55.2 Å². The standard InChI is InChI=1S/C26H26F2N4O2/c1-15(2)10-18-12-17(4-5-19(18)26(33)34)23-13-24(31-14-30-23)29-8-9-32-16(3)11-20-21(27)6-7-22(28)25(20)32/h4-7,11-15H,8-10H2,1-3H3,(H,33,34)(H,29,30,31). The molecular weight excluding hydrogens is 438 g/mol. The fourth-order valence-corrected chi connectivity index (χ4v) is 4.20. The molecule has 6 nitrogen and oxygen atoms in total. The maximum Gasteiger partial charge on any atom is 0.335 e. The highest BCUT2D eigenvalue weighted by Crippen LogP contribution is 2.26. The van der Waals surface area contributed by atoms with Crippen molar-refractivity contribution in [2.24, 2.45) is 5.92 Å². The smallest absolute Gasteiger partial charge is 0.335 e. The van der Waals surface area contributed by atoms with Gasteiger partial charge in [0.05, 0.1) is 16.8 Å². The molecule has 0 radical (unpaired) electrons. The number of nitrogens with zero attached hydrogens (tertiary/aromatic N) is 3. The van der Waals surface area contributed by atoms with Gasteiger partial charge in [0, 0.05) is 35.8 Å². The Balaban J connectivity index is 1.53. The molecular formula is C26H26F2N4O2. The third kappa shape index (κ3) is 4.76. The molecule has 8 heteroatoms. The maximum atomic E-state index is 14.4. The van der Waals surface area contributed by atoms with E-state index < -0.39 is 17.6 Å². The summed E-state index contributed by atoms with van der Waals surface area (Å²) >= 11 is 0. The van der Waals surface area contributed by atoms with Gasteiger partial charge in [-0.15, -0.1) is 0 Å². The normalized spacial score (nSPS) is 11.4. The summed E-state index contributed by atoms with van der Waals surface area (Å²) in [5.41, 5.74) is 3.53. The van der Waals surface area contributed by atoms with Crippen molar-refractivity contribution in [2.75, 3.05) is 11.9 Å². The van der Waals surface area contributed by atoms with Crippen LogP contribution < -0.4 is 5.32 Å². The van der Waals surface area contributed by atoms with Crippen LogP contribution in [0.3, 0.4) is 0 Å². The van der Waals surface area contributed by atoms with Crippen LogP contribution in [-0.2, 0) is 13.0 Å². The minimum absolute atomic E-state index is 0.249. The van der Waals surface area contributed by atoms with E-state index in [1.165, 1.54) is 6.33 Å². The van der Waals surface area contributed by atoms with E-state index in [0.29, 0.717) is 42.5 Å². The number of carbonyl (C=O) groups is 1. The zero-order chi connectivity index (χ0) is 24.4. The molecule has 0 aliphatic heterocycles. The summed E-state index contributed by atoms with van der Waals surface area (Å²) < 4.78 is 30.2. The number of rotatable bonds is 8. The monoisotopic (exact) mass is 464 g/mol. The summed E-state index contributed by atoms with van der Waals surface area (Å²) in [7, 11) is 0. The molecule has 0 atom stereocenters. The Morgan fingerprint density at radius 1 is 1.09 bits per heavy atom. The average molecular weight is 465 g/mol. The molecule has 0 spiro atoms. The minimum Gasteiger partial charge on any atom is -0.478 e. The molecule has 34 heavy (non-hydrogen) atoms. The number of benzene rings is 2. The van der Waals surface area contributed by atoms with Crippen LogP contribution in [0.25, 0.3) is 22.2 Å². The van der Waals surface area contributed by atoms with Gasteiger partial charge < -0.3 is 15.0 Å². The molecule has 0 saturated heterocycles. The Kier molecular flexibility index (Phi) is 6.58. The maximum absolute atomic E-state index is 14.4. The summed E-state index contributed by atoms with van der Waals surface area (Å²) in [6, 6.07) is 10.9. The zero-order valence-corrected chi connectivity index (χ0v) is 19.3. The third-order valence-corrected chi connectivity index (χ3v) is 5.73. The Bertz CT molecular complexity index is 1360. The van der Waals surface area contributed by atoms with E-state index >= 15 is 0 Å². The molecule has 0 unspecified atom stereocenters. The van der Waals surface area contributed by atoms with E-state index in [-0.39, 0.29) is 10.9 Å². The number of nitrogens with one attached hydrogen (secondary N) is 1. The van der Waals surface area contributed by atoms with Crippen molar-refractivity contribution < 1.29 is 18.7 Å². The lowest BCUT2D eigenvalue weighted by Crippen LogP contribution is -2.13. The van der Waals surface area contributed by atoms with Crippen LogP contribution in [0.15, 0.2) is 48.8 Å². The van der Waals surface area contributed by atoms with Gasteiger partial charge in [0.25, 0.3) is 0 Å². The van der Waals surface area contributed by atoms with E-state index in [9.17, 15) is 18.7 Å². The van der Waals surface area contributed by atoms with Crippen molar-refractivity contribution in [3.63, 3.8) is 0 Å². The minimum atomic E-state index is -0.948. The molecule has 2 N–H and O–H groups in total. The second-order valence-electron chi connectivity index (χ2n) is 8.72. The highest BCUT2D eigenvalue weighted by atomic mass is 19.1. The second kappa shape index (κ2) is 9.59. The van der Waals surface area contributed by atoms with Gasteiger partial charge in [0.15, 0.2) is 0 Å². The topological polar surface area (TPSA) is 80.0 Å². The zero-order valence-electron chi connectivity index (χ0n) is 19.3. The van der Waals surface area contributed by atoms with Crippen LogP contribution in [0, 0.1) is 24.5 Å². The largest absolute Gasteiger partial charge is 0.478 e. The quantitative estimate of drug-likeness (QED) is 0.350. The number of aromatic nitrogens is 3. The molecule has 2 heterocycles. The van der Waals surface area contributed by atoms with Crippen LogP contribution in [0.2, 0.25) is 0 Å². The lowest BCUT2D eigenvalue weighted by Gasteiger charge is -2.13. The molecule has 4 rings (SSSR count). The van der Waals surface area contributed by atoms with Crippen molar-refractivity contribution in [2.45, 2.75) is 33.7 Å². The van der Waals surface area contributed by atoms with Gasteiger partial charge in [0.1, 0.15) is 23.8 Å². The Morgan fingerprint density at radius 3 is 2.59 bits per heavy atom. The first kappa shape index (κ1) is 23.4. The fourth-order valence-electron chi connectivity index (χ4n) is 4.20. The number of aromatic carboxylic acids is 1. The molecule has 0 fully saturated rings.